The lowest BCUT2D eigenvalue weighted by molar-refractivity contribution is 0.0524. The van der Waals surface area contributed by atoms with Gasteiger partial charge in [-0.25, -0.2) is 13.9 Å². The van der Waals surface area contributed by atoms with E-state index in [-0.39, 0.29) is 12.2 Å². The van der Waals surface area contributed by atoms with E-state index in [2.05, 4.69) is 0 Å². The maximum Gasteiger partial charge on any atom is 0.345 e. The van der Waals surface area contributed by atoms with E-state index in [1.165, 1.54) is 39.8 Å². The maximum atomic E-state index is 12.9. The van der Waals surface area contributed by atoms with Crippen LogP contribution in [0, 0.1) is 5.82 Å². The van der Waals surface area contributed by atoms with Crippen LogP contribution in [0.4, 0.5) is 4.39 Å². The number of halogens is 1. The molecule has 0 atom stereocenters. The van der Waals surface area contributed by atoms with Crippen molar-refractivity contribution in [1.82, 2.24) is 9.36 Å². The fourth-order valence-corrected chi connectivity index (χ4v) is 1.79. The molecule has 0 amide bonds. The molecule has 0 N–H and O–H groups in total. The van der Waals surface area contributed by atoms with Gasteiger partial charge in [0.05, 0.1) is 12.3 Å². The van der Waals surface area contributed by atoms with Crippen LogP contribution >= 0.6 is 0 Å². The Morgan fingerprint density at radius 2 is 1.95 bits per heavy atom. The number of hydrogen-bond donors (Lipinski definition) is 0. The van der Waals surface area contributed by atoms with Crippen LogP contribution in [0.2, 0.25) is 0 Å². The van der Waals surface area contributed by atoms with Gasteiger partial charge in [0, 0.05) is 13.2 Å². The van der Waals surface area contributed by atoms with Crippen molar-refractivity contribution >= 4 is 5.97 Å². The molecule has 0 aliphatic carbocycles. The van der Waals surface area contributed by atoms with E-state index >= 15 is 0 Å². The number of aromatic nitrogens is 2. The summed E-state index contributed by atoms with van der Waals surface area (Å²) in [5, 5.41) is 0. The van der Waals surface area contributed by atoms with Crippen molar-refractivity contribution in [2.75, 3.05) is 6.61 Å². The average Bonchev–Trinajstić information content (AvgIpc) is 2.67. The van der Waals surface area contributed by atoms with Crippen LogP contribution < -0.4 is 5.56 Å². The van der Waals surface area contributed by atoms with Crippen molar-refractivity contribution in [3.05, 3.63) is 52.2 Å². The van der Waals surface area contributed by atoms with Crippen LogP contribution in [0.25, 0.3) is 5.69 Å². The molecule has 100 valence electrons. The van der Waals surface area contributed by atoms with Crippen molar-refractivity contribution < 1.29 is 13.9 Å². The molecule has 1 aromatic heterocycles. The van der Waals surface area contributed by atoms with Gasteiger partial charge in [-0.05, 0) is 31.2 Å². The van der Waals surface area contributed by atoms with Gasteiger partial charge in [-0.2, -0.15) is 0 Å². The summed E-state index contributed by atoms with van der Waals surface area (Å²) in [7, 11) is 1.62. The summed E-state index contributed by atoms with van der Waals surface area (Å²) in [4.78, 5) is 23.7. The molecule has 1 aromatic carbocycles. The second kappa shape index (κ2) is 5.09. The van der Waals surface area contributed by atoms with Crippen LogP contribution in [0.1, 0.15) is 17.3 Å². The second-order valence-electron chi connectivity index (χ2n) is 3.93. The first-order valence-corrected chi connectivity index (χ1v) is 5.76. The van der Waals surface area contributed by atoms with E-state index in [1.54, 1.807) is 14.0 Å². The lowest BCUT2D eigenvalue weighted by Crippen LogP contribution is -2.23. The minimum absolute atomic E-state index is 0.0475. The monoisotopic (exact) mass is 264 g/mol. The van der Waals surface area contributed by atoms with Crippen LogP contribution in [-0.4, -0.2) is 21.9 Å². The minimum atomic E-state index is -0.663. The van der Waals surface area contributed by atoms with Crippen LogP contribution in [-0.2, 0) is 11.8 Å². The quantitative estimate of drug-likeness (QED) is 0.789. The molecule has 0 radical (unpaired) electrons. The lowest BCUT2D eigenvalue weighted by Gasteiger charge is -2.05. The van der Waals surface area contributed by atoms with Crippen molar-refractivity contribution in [3.8, 4) is 5.69 Å². The number of esters is 1. The molecular formula is C13H13FN2O3. The number of benzene rings is 1. The highest BCUT2D eigenvalue weighted by atomic mass is 19.1. The van der Waals surface area contributed by atoms with Crippen molar-refractivity contribution in [3.63, 3.8) is 0 Å². The molecule has 0 spiro atoms. The molecule has 0 saturated carbocycles. The standard InChI is InChI=1S/C13H13FN2O3/c1-3-19-13(18)11-8-15(2)16(12(11)17)10-6-4-9(14)5-7-10/h4-8H,3H2,1-2H3. The molecule has 1 heterocycles. The third kappa shape index (κ3) is 2.42. The SMILES string of the molecule is CCOC(=O)c1cn(C)n(-c2ccc(F)cc2)c1=O. The summed E-state index contributed by atoms with van der Waals surface area (Å²) >= 11 is 0. The summed E-state index contributed by atoms with van der Waals surface area (Å²) in [5.74, 6) is -1.06. The van der Waals surface area contributed by atoms with E-state index in [4.69, 9.17) is 4.74 Å². The predicted octanol–water partition coefficient (Wildman–Crippen LogP) is 1.49. The highest BCUT2D eigenvalue weighted by Gasteiger charge is 2.18. The highest BCUT2D eigenvalue weighted by molar-refractivity contribution is 5.88. The fourth-order valence-electron chi connectivity index (χ4n) is 1.79. The lowest BCUT2D eigenvalue weighted by atomic mass is 10.3. The van der Waals surface area contributed by atoms with E-state index in [0.717, 1.165) is 0 Å². The molecule has 2 aromatic rings. The van der Waals surface area contributed by atoms with Crippen LogP contribution in [0.3, 0.4) is 0 Å². The molecule has 0 bridgehead atoms. The number of carbonyl (C=O) groups is 1. The van der Waals surface area contributed by atoms with Gasteiger partial charge in [-0.15, -0.1) is 0 Å². The number of rotatable bonds is 3. The molecule has 5 nitrogen and oxygen atoms in total. The van der Waals surface area contributed by atoms with E-state index in [9.17, 15) is 14.0 Å². The van der Waals surface area contributed by atoms with E-state index < -0.39 is 17.3 Å². The van der Waals surface area contributed by atoms with Gasteiger partial charge >= 0.3 is 5.97 Å². The smallest absolute Gasteiger partial charge is 0.345 e. The van der Waals surface area contributed by atoms with Gasteiger partial charge in [0.1, 0.15) is 11.4 Å². The molecule has 0 aliphatic heterocycles. The highest BCUT2D eigenvalue weighted by Crippen LogP contribution is 2.08. The Morgan fingerprint density at radius 1 is 1.32 bits per heavy atom. The molecule has 6 heteroatoms. The molecule has 19 heavy (non-hydrogen) atoms. The molecular weight excluding hydrogens is 251 g/mol. The first kappa shape index (κ1) is 13.1. The zero-order valence-electron chi connectivity index (χ0n) is 10.6. The number of nitrogens with zero attached hydrogens (tertiary/aromatic N) is 2. The Labute approximate surface area is 108 Å². The number of hydrogen-bond acceptors (Lipinski definition) is 3. The van der Waals surface area contributed by atoms with Crippen molar-refractivity contribution in [2.24, 2.45) is 7.05 Å². The average molecular weight is 264 g/mol. The molecule has 0 aliphatic rings. The summed E-state index contributed by atoms with van der Waals surface area (Å²) in [6.07, 6.45) is 1.39. The third-order valence-electron chi connectivity index (χ3n) is 2.62. The second-order valence-corrected chi connectivity index (χ2v) is 3.93. The zero-order chi connectivity index (χ0) is 14.0. The Hall–Kier alpha value is -2.37. The van der Waals surface area contributed by atoms with Gasteiger partial charge in [0.15, 0.2) is 0 Å². The largest absolute Gasteiger partial charge is 0.462 e. The summed E-state index contributed by atoms with van der Waals surface area (Å²) < 4.78 is 20.4. The minimum Gasteiger partial charge on any atom is -0.462 e. The number of carbonyl (C=O) groups excluding carboxylic acids is 1. The molecule has 2 rings (SSSR count). The summed E-state index contributed by atoms with van der Waals surface area (Å²) in [5.41, 5.74) is -0.0642. The van der Waals surface area contributed by atoms with Crippen molar-refractivity contribution in [2.45, 2.75) is 6.92 Å². The van der Waals surface area contributed by atoms with Crippen LogP contribution in [0.15, 0.2) is 35.3 Å². The maximum absolute atomic E-state index is 12.9. The Kier molecular flexibility index (Phi) is 3.50. The van der Waals surface area contributed by atoms with Gasteiger partial charge in [0.2, 0.25) is 0 Å². The van der Waals surface area contributed by atoms with Gasteiger partial charge < -0.3 is 4.74 Å². The molecule has 0 unspecified atom stereocenters. The van der Waals surface area contributed by atoms with Crippen LogP contribution in [0.5, 0.6) is 0 Å². The Balaban J connectivity index is 2.51. The predicted molar refractivity (Wildman–Crippen MR) is 66.9 cm³/mol. The van der Waals surface area contributed by atoms with Gasteiger partial charge in [0.25, 0.3) is 5.56 Å². The third-order valence-corrected chi connectivity index (χ3v) is 2.62. The summed E-state index contributed by atoms with van der Waals surface area (Å²) in [6.45, 7) is 1.86. The van der Waals surface area contributed by atoms with Gasteiger partial charge in [-0.3, -0.25) is 9.48 Å². The normalized spacial score (nSPS) is 10.5. The number of aryl methyl sites for hydroxylation is 1. The van der Waals surface area contributed by atoms with E-state index in [1.807, 2.05) is 0 Å². The first-order valence-electron chi connectivity index (χ1n) is 5.76. The molecule has 0 saturated heterocycles. The molecule has 0 fully saturated rings. The van der Waals surface area contributed by atoms with Crippen molar-refractivity contribution in [1.29, 1.82) is 0 Å². The Morgan fingerprint density at radius 3 is 2.53 bits per heavy atom. The summed E-state index contributed by atoms with van der Waals surface area (Å²) in [6, 6.07) is 5.43. The van der Waals surface area contributed by atoms with Gasteiger partial charge in [-0.1, -0.05) is 0 Å². The number of ether oxygens (including phenoxy) is 1. The zero-order valence-corrected chi connectivity index (χ0v) is 10.6. The Bertz CT molecular complexity index is 656. The fraction of sp³-hybridized carbons (Fsp3) is 0.231. The topological polar surface area (TPSA) is 53.2 Å². The van der Waals surface area contributed by atoms with E-state index in [0.29, 0.717) is 5.69 Å². The first-order chi connectivity index (χ1) is 9.04.